The Morgan fingerprint density at radius 1 is 0.969 bits per heavy atom. The van der Waals surface area contributed by atoms with Crippen LogP contribution < -0.4 is 15.6 Å². The van der Waals surface area contributed by atoms with Gasteiger partial charge in [-0.15, -0.1) is 0 Å². The predicted molar refractivity (Wildman–Crippen MR) is 120 cm³/mol. The number of nitrogens with one attached hydrogen (secondary N) is 3. The molecule has 0 aliphatic heterocycles. The lowest BCUT2D eigenvalue weighted by molar-refractivity contribution is -0.123. The van der Waals surface area contributed by atoms with Crippen LogP contribution in [0.2, 0.25) is 0 Å². The van der Waals surface area contributed by atoms with Crippen LogP contribution in [0.5, 0.6) is 5.75 Å². The minimum absolute atomic E-state index is 0.316. The molecule has 3 aromatic carbocycles. The average molecular weight is 450 g/mol. The summed E-state index contributed by atoms with van der Waals surface area (Å²) in [5, 5.41) is 0.832. The number of fused-ring (bicyclic) bond motifs is 1. The van der Waals surface area contributed by atoms with Gasteiger partial charge in [-0.1, -0.05) is 36.0 Å². The summed E-state index contributed by atoms with van der Waals surface area (Å²) in [5.74, 6) is -0.338. The Bertz CT molecular complexity index is 1190. The highest BCUT2D eigenvalue weighted by Crippen LogP contribution is 2.23. The molecule has 0 radical (unpaired) electrons. The van der Waals surface area contributed by atoms with Crippen LogP contribution in [0.3, 0.4) is 0 Å². The number of hydrazine groups is 1. The highest BCUT2D eigenvalue weighted by atomic mass is 32.2. The van der Waals surface area contributed by atoms with Crippen LogP contribution in [0.25, 0.3) is 11.0 Å². The Balaban J connectivity index is 1.22. The topological polar surface area (TPSA) is 96.1 Å². The fraction of sp³-hybridized carbons (Fsp3) is 0.0870. The van der Waals surface area contributed by atoms with Crippen LogP contribution in [-0.2, 0) is 10.5 Å². The molecule has 2 amide bonds. The number of amides is 2. The zero-order chi connectivity index (χ0) is 22.3. The Morgan fingerprint density at radius 2 is 1.72 bits per heavy atom. The number of carbonyl (C=O) groups is 2. The van der Waals surface area contributed by atoms with Crippen molar-refractivity contribution in [3.05, 3.63) is 89.7 Å². The smallest absolute Gasteiger partial charge is 0.276 e. The van der Waals surface area contributed by atoms with Gasteiger partial charge in [-0.25, -0.2) is 9.37 Å². The van der Waals surface area contributed by atoms with Crippen LogP contribution in [0.4, 0.5) is 4.39 Å². The minimum Gasteiger partial charge on any atom is -0.484 e. The van der Waals surface area contributed by atoms with Gasteiger partial charge in [0.25, 0.3) is 11.8 Å². The number of imidazole rings is 1. The van der Waals surface area contributed by atoms with Gasteiger partial charge in [0, 0.05) is 11.3 Å². The number of nitrogens with zero attached hydrogens (tertiary/aromatic N) is 1. The number of hydrogen-bond donors (Lipinski definition) is 3. The first-order valence-corrected chi connectivity index (χ1v) is 10.7. The molecule has 162 valence electrons. The molecule has 0 saturated heterocycles. The van der Waals surface area contributed by atoms with E-state index in [1.54, 1.807) is 23.9 Å². The highest BCUT2D eigenvalue weighted by molar-refractivity contribution is 7.98. The first-order chi connectivity index (χ1) is 15.6. The first-order valence-electron chi connectivity index (χ1n) is 9.71. The summed E-state index contributed by atoms with van der Waals surface area (Å²) in [6.45, 7) is -0.316. The SMILES string of the molecule is O=C(COc1ccc(F)cc1)NNC(=O)c1ccc(CSc2nc3ccccc3[nH]2)cc1. The lowest BCUT2D eigenvalue weighted by Gasteiger charge is -2.09. The van der Waals surface area contributed by atoms with E-state index in [-0.39, 0.29) is 6.61 Å². The van der Waals surface area contributed by atoms with Crippen molar-refractivity contribution in [2.24, 2.45) is 0 Å². The van der Waals surface area contributed by atoms with Gasteiger partial charge in [-0.2, -0.15) is 0 Å². The molecule has 0 spiro atoms. The number of carbonyl (C=O) groups excluding carboxylic acids is 2. The molecule has 0 aliphatic rings. The van der Waals surface area contributed by atoms with E-state index >= 15 is 0 Å². The molecule has 0 aliphatic carbocycles. The van der Waals surface area contributed by atoms with Crippen molar-refractivity contribution in [3.63, 3.8) is 0 Å². The summed E-state index contributed by atoms with van der Waals surface area (Å²) in [6, 6.07) is 20.2. The summed E-state index contributed by atoms with van der Waals surface area (Å²) in [6.07, 6.45) is 0. The maximum Gasteiger partial charge on any atom is 0.276 e. The number of rotatable bonds is 7. The van der Waals surface area contributed by atoms with Crippen LogP contribution in [0.1, 0.15) is 15.9 Å². The third kappa shape index (κ3) is 5.64. The number of H-pyrrole nitrogens is 1. The lowest BCUT2D eigenvalue weighted by atomic mass is 10.1. The quantitative estimate of drug-likeness (QED) is 0.294. The number of benzene rings is 3. The number of hydrogen-bond acceptors (Lipinski definition) is 5. The standard InChI is InChI=1S/C23H19FN4O3S/c24-17-9-11-18(12-10-17)31-13-21(29)27-28-22(30)16-7-5-15(6-8-16)14-32-23-25-19-3-1-2-4-20(19)26-23/h1-12H,13-14H2,(H,25,26)(H,27,29)(H,28,30). The molecule has 0 atom stereocenters. The number of thioether (sulfide) groups is 1. The van der Waals surface area contributed by atoms with Crippen molar-refractivity contribution < 1.29 is 18.7 Å². The fourth-order valence-electron chi connectivity index (χ4n) is 2.82. The molecular weight excluding hydrogens is 431 g/mol. The van der Waals surface area contributed by atoms with E-state index in [0.29, 0.717) is 17.1 Å². The van der Waals surface area contributed by atoms with Crippen LogP contribution >= 0.6 is 11.8 Å². The molecule has 32 heavy (non-hydrogen) atoms. The highest BCUT2D eigenvalue weighted by Gasteiger charge is 2.09. The third-order valence-electron chi connectivity index (χ3n) is 4.46. The number of aromatic amines is 1. The monoisotopic (exact) mass is 450 g/mol. The molecule has 1 heterocycles. The number of ether oxygens (including phenoxy) is 1. The van der Waals surface area contributed by atoms with Crippen LogP contribution in [-0.4, -0.2) is 28.4 Å². The van der Waals surface area contributed by atoms with E-state index < -0.39 is 17.6 Å². The van der Waals surface area contributed by atoms with E-state index in [1.807, 2.05) is 36.4 Å². The molecule has 9 heteroatoms. The molecular formula is C23H19FN4O3S. The molecule has 0 saturated carbocycles. The largest absolute Gasteiger partial charge is 0.484 e. The minimum atomic E-state index is -0.540. The second kappa shape index (κ2) is 9.97. The molecule has 4 aromatic rings. The molecule has 7 nitrogen and oxygen atoms in total. The summed E-state index contributed by atoms with van der Waals surface area (Å²) < 4.78 is 18.1. The van der Waals surface area contributed by atoms with Gasteiger partial charge in [0.1, 0.15) is 11.6 Å². The molecule has 0 bridgehead atoms. The van der Waals surface area contributed by atoms with E-state index in [9.17, 15) is 14.0 Å². The van der Waals surface area contributed by atoms with Crippen molar-refractivity contribution in [1.82, 2.24) is 20.8 Å². The zero-order valence-corrected chi connectivity index (χ0v) is 17.6. The zero-order valence-electron chi connectivity index (χ0n) is 16.8. The summed E-state index contributed by atoms with van der Waals surface area (Å²) in [5.41, 5.74) is 7.97. The molecule has 3 N–H and O–H groups in total. The van der Waals surface area contributed by atoms with E-state index in [1.165, 1.54) is 24.3 Å². The molecule has 0 fully saturated rings. The third-order valence-corrected chi connectivity index (χ3v) is 5.40. The van der Waals surface area contributed by atoms with Gasteiger partial charge < -0.3 is 9.72 Å². The summed E-state index contributed by atoms with van der Waals surface area (Å²) >= 11 is 1.57. The van der Waals surface area contributed by atoms with Gasteiger partial charge in [-0.05, 0) is 54.1 Å². The van der Waals surface area contributed by atoms with Crippen LogP contribution in [0.15, 0.2) is 78.0 Å². The van der Waals surface area contributed by atoms with E-state index in [4.69, 9.17) is 4.74 Å². The Morgan fingerprint density at radius 3 is 2.47 bits per heavy atom. The van der Waals surface area contributed by atoms with E-state index in [0.717, 1.165) is 21.8 Å². The molecule has 1 aromatic heterocycles. The molecule has 0 unspecified atom stereocenters. The Hall–Kier alpha value is -3.85. The van der Waals surface area contributed by atoms with Gasteiger partial charge >= 0.3 is 0 Å². The molecule has 4 rings (SSSR count). The Labute approximate surface area is 187 Å². The van der Waals surface area contributed by atoms with Crippen molar-refractivity contribution in [2.45, 2.75) is 10.9 Å². The number of halogens is 1. The maximum atomic E-state index is 12.9. The van der Waals surface area contributed by atoms with Gasteiger partial charge in [0.05, 0.1) is 11.0 Å². The average Bonchev–Trinajstić information content (AvgIpc) is 3.24. The second-order valence-electron chi connectivity index (χ2n) is 6.79. The van der Waals surface area contributed by atoms with Gasteiger partial charge in [0.15, 0.2) is 11.8 Å². The fourth-order valence-corrected chi connectivity index (χ4v) is 3.66. The van der Waals surface area contributed by atoms with E-state index in [2.05, 4.69) is 20.8 Å². The normalized spacial score (nSPS) is 10.7. The van der Waals surface area contributed by atoms with Crippen molar-refractivity contribution in [2.75, 3.05) is 6.61 Å². The summed E-state index contributed by atoms with van der Waals surface area (Å²) in [7, 11) is 0. The second-order valence-corrected chi connectivity index (χ2v) is 7.75. The van der Waals surface area contributed by atoms with Crippen molar-refractivity contribution in [1.29, 1.82) is 0 Å². The summed E-state index contributed by atoms with van der Waals surface area (Å²) in [4.78, 5) is 31.8. The lowest BCUT2D eigenvalue weighted by Crippen LogP contribution is -2.43. The maximum absolute atomic E-state index is 12.9. The number of para-hydroxylation sites is 2. The Kier molecular flexibility index (Phi) is 6.66. The van der Waals surface area contributed by atoms with Gasteiger partial charge in [0.2, 0.25) is 0 Å². The predicted octanol–water partition coefficient (Wildman–Crippen LogP) is 3.83. The van der Waals surface area contributed by atoms with Crippen molar-refractivity contribution >= 4 is 34.6 Å². The van der Waals surface area contributed by atoms with Gasteiger partial charge in [-0.3, -0.25) is 20.4 Å². The first kappa shape index (κ1) is 21.4. The van der Waals surface area contributed by atoms with Crippen molar-refractivity contribution in [3.8, 4) is 5.75 Å². The number of aromatic nitrogens is 2. The van der Waals surface area contributed by atoms with Crippen LogP contribution in [0, 0.1) is 5.82 Å².